The summed E-state index contributed by atoms with van der Waals surface area (Å²) in [4.78, 5) is 2.22. The van der Waals surface area contributed by atoms with Gasteiger partial charge in [0.25, 0.3) is 0 Å². The quantitative estimate of drug-likeness (QED) is 0.775. The highest BCUT2D eigenvalue weighted by molar-refractivity contribution is 5.31. The van der Waals surface area contributed by atoms with Gasteiger partial charge in [-0.2, -0.15) is 0 Å². The zero-order chi connectivity index (χ0) is 14.2. The summed E-state index contributed by atoms with van der Waals surface area (Å²) in [6.07, 6.45) is 1.16. The Bertz CT molecular complexity index is 440. The number of rotatable bonds is 7. The first-order valence-electron chi connectivity index (χ1n) is 7.25. The molecule has 0 unspecified atom stereocenters. The summed E-state index contributed by atoms with van der Waals surface area (Å²) in [7, 11) is 4.23. The predicted molar refractivity (Wildman–Crippen MR) is 85.9 cm³/mol. The molecule has 0 aliphatic rings. The Labute approximate surface area is 122 Å². The van der Waals surface area contributed by atoms with E-state index in [4.69, 9.17) is 0 Å². The molecular weight excluding hydrogens is 244 g/mol. The van der Waals surface area contributed by atoms with Crippen LogP contribution in [0.3, 0.4) is 0 Å². The van der Waals surface area contributed by atoms with Crippen LogP contribution in [-0.2, 0) is 0 Å². The third-order valence-corrected chi connectivity index (χ3v) is 3.40. The Kier molecular flexibility index (Phi) is 5.78. The summed E-state index contributed by atoms with van der Waals surface area (Å²) in [5, 5.41) is 3.68. The van der Waals surface area contributed by atoms with Crippen molar-refractivity contribution in [3.8, 4) is 0 Å². The summed E-state index contributed by atoms with van der Waals surface area (Å²) in [5.74, 6) is 0. The molecule has 1 N–H and O–H groups in total. The van der Waals surface area contributed by atoms with Crippen LogP contribution in [0, 0.1) is 0 Å². The Morgan fingerprint density at radius 2 is 1.35 bits per heavy atom. The van der Waals surface area contributed by atoms with Crippen LogP contribution < -0.4 is 5.32 Å². The fourth-order valence-electron chi connectivity index (χ4n) is 2.36. The SMILES string of the molecule is CN(C)CCCNC(c1ccccc1)c1ccccc1. The van der Waals surface area contributed by atoms with E-state index in [0.717, 1.165) is 19.5 Å². The van der Waals surface area contributed by atoms with Gasteiger partial charge in [-0.25, -0.2) is 0 Å². The minimum atomic E-state index is 0.277. The van der Waals surface area contributed by atoms with E-state index in [1.807, 2.05) is 0 Å². The summed E-state index contributed by atoms with van der Waals surface area (Å²) in [6.45, 7) is 2.13. The Hall–Kier alpha value is -1.64. The molecule has 0 amide bonds. The maximum atomic E-state index is 3.68. The van der Waals surface area contributed by atoms with E-state index in [9.17, 15) is 0 Å². The van der Waals surface area contributed by atoms with Gasteiger partial charge in [0, 0.05) is 0 Å². The van der Waals surface area contributed by atoms with Crippen molar-refractivity contribution >= 4 is 0 Å². The van der Waals surface area contributed by atoms with Gasteiger partial charge >= 0.3 is 0 Å². The molecule has 0 radical (unpaired) electrons. The van der Waals surface area contributed by atoms with Crippen molar-refractivity contribution in [3.05, 3.63) is 71.8 Å². The number of hydrogen-bond acceptors (Lipinski definition) is 2. The number of nitrogens with zero attached hydrogens (tertiary/aromatic N) is 1. The summed E-state index contributed by atoms with van der Waals surface area (Å²) in [5.41, 5.74) is 2.65. The maximum absolute atomic E-state index is 3.68. The molecule has 0 atom stereocenters. The predicted octanol–water partition coefficient (Wildman–Crippen LogP) is 3.32. The molecule has 0 saturated heterocycles. The van der Waals surface area contributed by atoms with Crippen molar-refractivity contribution in [2.45, 2.75) is 12.5 Å². The van der Waals surface area contributed by atoms with Crippen molar-refractivity contribution in [1.29, 1.82) is 0 Å². The second kappa shape index (κ2) is 7.83. The smallest absolute Gasteiger partial charge is 0.0576 e. The molecule has 106 valence electrons. The molecule has 20 heavy (non-hydrogen) atoms. The summed E-state index contributed by atoms with van der Waals surface area (Å²) < 4.78 is 0. The Balaban J connectivity index is 2.06. The lowest BCUT2D eigenvalue weighted by atomic mass is 9.99. The number of hydrogen-bond donors (Lipinski definition) is 1. The van der Waals surface area contributed by atoms with E-state index in [1.54, 1.807) is 0 Å². The van der Waals surface area contributed by atoms with Gasteiger partial charge in [-0.3, -0.25) is 0 Å². The number of benzene rings is 2. The molecule has 0 bridgehead atoms. The van der Waals surface area contributed by atoms with Crippen molar-refractivity contribution < 1.29 is 0 Å². The molecule has 2 nitrogen and oxygen atoms in total. The zero-order valence-corrected chi connectivity index (χ0v) is 12.4. The van der Waals surface area contributed by atoms with Gasteiger partial charge in [-0.15, -0.1) is 0 Å². The standard InChI is InChI=1S/C18H24N2/c1-20(2)15-9-14-19-18(16-10-5-3-6-11-16)17-12-7-4-8-13-17/h3-8,10-13,18-19H,9,14-15H2,1-2H3. The highest BCUT2D eigenvalue weighted by atomic mass is 15.1. The molecule has 2 heteroatoms. The van der Waals surface area contributed by atoms with Gasteiger partial charge in [-0.1, -0.05) is 60.7 Å². The fraction of sp³-hybridized carbons (Fsp3) is 0.333. The highest BCUT2D eigenvalue weighted by Crippen LogP contribution is 2.21. The first-order valence-corrected chi connectivity index (χ1v) is 7.25. The van der Waals surface area contributed by atoms with Crippen molar-refractivity contribution in [1.82, 2.24) is 10.2 Å². The lowest BCUT2D eigenvalue weighted by molar-refractivity contribution is 0.391. The average Bonchev–Trinajstić information content (AvgIpc) is 2.49. The molecule has 0 saturated carbocycles. The van der Waals surface area contributed by atoms with Crippen LogP contribution in [0.15, 0.2) is 60.7 Å². The molecule has 0 fully saturated rings. The highest BCUT2D eigenvalue weighted by Gasteiger charge is 2.12. The van der Waals surface area contributed by atoms with E-state index in [-0.39, 0.29) is 6.04 Å². The van der Waals surface area contributed by atoms with E-state index in [1.165, 1.54) is 11.1 Å². The van der Waals surface area contributed by atoms with Crippen LogP contribution >= 0.6 is 0 Å². The normalized spacial score (nSPS) is 11.2. The van der Waals surface area contributed by atoms with Crippen LogP contribution in [0.5, 0.6) is 0 Å². The van der Waals surface area contributed by atoms with E-state index < -0.39 is 0 Å². The van der Waals surface area contributed by atoms with Crippen molar-refractivity contribution in [3.63, 3.8) is 0 Å². The molecule has 0 spiro atoms. The van der Waals surface area contributed by atoms with Crippen molar-refractivity contribution in [2.75, 3.05) is 27.2 Å². The van der Waals surface area contributed by atoms with Gasteiger partial charge in [0.2, 0.25) is 0 Å². The minimum Gasteiger partial charge on any atom is -0.309 e. The van der Waals surface area contributed by atoms with Crippen LogP contribution in [0.1, 0.15) is 23.6 Å². The monoisotopic (exact) mass is 268 g/mol. The molecule has 2 aromatic rings. The van der Waals surface area contributed by atoms with E-state index >= 15 is 0 Å². The van der Waals surface area contributed by atoms with Crippen LogP contribution in [0.4, 0.5) is 0 Å². The van der Waals surface area contributed by atoms with Crippen LogP contribution in [0.25, 0.3) is 0 Å². The molecule has 2 aromatic carbocycles. The van der Waals surface area contributed by atoms with Gasteiger partial charge in [0.15, 0.2) is 0 Å². The van der Waals surface area contributed by atoms with Gasteiger partial charge < -0.3 is 10.2 Å². The third kappa shape index (κ3) is 4.48. The average molecular weight is 268 g/mol. The zero-order valence-electron chi connectivity index (χ0n) is 12.4. The van der Waals surface area contributed by atoms with Crippen LogP contribution in [0.2, 0.25) is 0 Å². The molecule has 0 heterocycles. The maximum Gasteiger partial charge on any atom is 0.0576 e. The van der Waals surface area contributed by atoms with Gasteiger partial charge in [0.05, 0.1) is 6.04 Å². The van der Waals surface area contributed by atoms with E-state index in [0.29, 0.717) is 0 Å². The van der Waals surface area contributed by atoms with Crippen molar-refractivity contribution in [2.24, 2.45) is 0 Å². The first kappa shape index (κ1) is 14.8. The summed E-state index contributed by atoms with van der Waals surface area (Å²) >= 11 is 0. The van der Waals surface area contributed by atoms with Gasteiger partial charge in [0.1, 0.15) is 0 Å². The van der Waals surface area contributed by atoms with E-state index in [2.05, 4.69) is 85.0 Å². The third-order valence-electron chi connectivity index (χ3n) is 3.40. The van der Waals surface area contributed by atoms with Crippen LogP contribution in [-0.4, -0.2) is 32.1 Å². The molecule has 0 aromatic heterocycles. The topological polar surface area (TPSA) is 15.3 Å². The number of nitrogens with one attached hydrogen (secondary N) is 1. The summed E-state index contributed by atoms with van der Waals surface area (Å²) in [6, 6.07) is 21.6. The molecule has 2 rings (SSSR count). The lowest BCUT2D eigenvalue weighted by Crippen LogP contribution is -2.26. The molecule has 0 aliphatic heterocycles. The minimum absolute atomic E-state index is 0.277. The second-order valence-electron chi connectivity index (χ2n) is 5.37. The second-order valence-corrected chi connectivity index (χ2v) is 5.37. The Morgan fingerprint density at radius 3 is 1.80 bits per heavy atom. The molecule has 0 aliphatic carbocycles. The molecular formula is C18H24N2. The fourth-order valence-corrected chi connectivity index (χ4v) is 2.36. The first-order chi connectivity index (χ1) is 9.77. The van der Waals surface area contributed by atoms with Gasteiger partial charge in [-0.05, 0) is 44.7 Å². The Morgan fingerprint density at radius 1 is 0.850 bits per heavy atom. The lowest BCUT2D eigenvalue weighted by Gasteiger charge is -2.20. The largest absolute Gasteiger partial charge is 0.309 e.